The van der Waals surface area contributed by atoms with Gasteiger partial charge < -0.3 is 4.74 Å². The summed E-state index contributed by atoms with van der Waals surface area (Å²) in [4.78, 5) is 3.96. The number of benzene rings is 1. The van der Waals surface area contributed by atoms with Crippen molar-refractivity contribution in [2.45, 2.75) is 12.5 Å². The highest BCUT2D eigenvalue weighted by Gasteiger charge is 2.09. The van der Waals surface area contributed by atoms with Crippen LogP contribution in [0.2, 0.25) is 0 Å². The van der Waals surface area contributed by atoms with Crippen LogP contribution in [-0.2, 0) is 5.88 Å². The topological polar surface area (TPSA) is 22.1 Å². The van der Waals surface area contributed by atoms with Crippen molar-refractivity contribution >= 4 is 11.6 Å². The minimum atomic E-state index is -2.87. The van der Waals surface area contributed by atoms with Gasteiger partial charge in [0.15, 0.2) is 0 Å². The second-order valence-corrected chi connectivity index (χ2v) is 3.97. The summed E-state index contributed by atoms with van der Waals surface area (Å²) in [6.07, 6.45) is 1.08. The van der Waals surface area contributed by atoms with Crippen LogP contribution in [0.1, 0.15) is 5.56 Å². The van der Waals surface area contributed by atoms with Crippen molar-refractivity contribution in [3.05, 3.63) is 47.9 Å². The molecule has 0 atom stereocenters. The third-order valence-corrected chi connectivity index (χ3v) is 2.72. The zero-order valence-electron chi connectivity index (χ0n) is 9.62. The summed E-state index contributed by atoms with van der Waals surface area (Å²) in [5.74, 6) is -0.319. The second kappa shape index (κ2) is 5.93. The fourth-order valence-electron chi connectivity index (χ4n) is 1.64. The highest BCUT2D eigenvalue weighted by molar-refractivity contribution is 6.17. The number of hydrogen-bond donors (Lipinski definition) is 0. The van der Waals surface area contributed by atoms with E-state index in [2.05, 4.69) is 9.72 Å². The predicted octanol–water partition coefficient (Wildman–Crippen LogP) is 4.23. The van der Waals surface area contributed by atoms with Crippen molar-refractivity contribution in [1.82, 2.24) is 4.98 Å². The standard InChI is InChI=1S/C13H9ClF3NO/c14-6-9-5-10(15)7-18-12(9)8-1-3-11(4-2-8)19-13(16)17/h1-5,7,13H,6H2. The van der Waals surface area contributed by atoms with Gasteiger partial charge in [0.2, 0.25) is 0 Å². The lowest BCUT2D eigenvalue weighted by atomic mass is 10.1. The number of pyridine rings is 1. The zero-order chi connectivity index (χ0) is 13.8. The molecule has 0 N–H and O–H groups in total. The first-order valence-electron chi connectivity index (χ1n) is 5.36. The smallest absolute Gasteiger partial charge is 0.387 e. The van der Waals surface area contributed by atoms with Crippen LogP contribution in [0.25, 0.3) is 11.3 Å². The summed E-state index contributed by atoms with van der Waals surface area (Å²) in [5.41, 5.74) is 1.70. The molecule has 2 nitrogen and oxygen atoms in total. The Bertz CT molecular complexity index is 560. The van der Waals surface area contributed by atoms with Crippen LogP contribution in [0.4, 0.5) is 13.2 Å². The fraction of sp³-hybridized carbons (Fsp3) is 0.154. The maximum absolute atomic E-state index is 13.0. The first-order valence-corrected chi connectivity index (χ1v) is 5.89. The van der Waals surface area contributed by atoms with Crippen LogP contribution in [0.5, 0.6) is 5.75 Å². The van der Waals surface area contributed by atoms with Crippen molar-refractivity contribution in [2.24, 2.45) is 0 Å². The van der Waals surface area contributed by atoms with Crippen molar-refractivity contribution < 1.29 is 17.9 Å². The lowest BCUT2D eigenvalue weighted by Gasteiger charge is -2.08. The van der Waals surface area contributed by atoms with Gasteiger partial charge in [-0.15, -0.1) is 11.6 Å². The van der Waals surface area contributed by atoms with E-state index in [9.17, 15) is 13.2 Å². The van der Waals surface area contributed by atoms with Crippen LogP contribution < -0.4 is 4.74 Å². The Hall–Kier alpha value is -1.75. The van der Waals surface area contributed by atoms with E-state index in [1.54, 1.807) is 12.1 Å². The van der Waals surface area contributed by atoms with Gasteiger partial charge >= 0.3 is 6.61 Å². The highest BCUT2D eigenvalue weighted by Crippen LogP contribution is 2.26. The minimum Gasteiger partial charge on any atom is -0.435 e. The lowest BCUT2D eigenvalue weighted by molar-refractivity contribution is -0.0498. The maximum Gasteiger partial charge on any atom is 0.387 e. The molecule has 19 heavy (non-hydrogen) atoms. The van der Waals surface area contributed by atoms with Gasteiger partial charge in [-0.1, -0.05) is 0 Å². The molecule has 0 bridgehead atoms. The number of hydrogen-bond acceptors (Lipinski definition) is 2. The maximum atomic E-state index is 13.0. The van der Waals surface area contributed by atoms with Gasteiger partial charge in [-0.05, 0) is 35.9 Å². The van der Waals surface area contributed by atoms with E-state index in [-0.39, 0.29) is 11.6 Å². The van der Waals surface area contributed by atoms with E-state index in [0.29, 0.717) is 16.8 Å². The zero-order valence-corrected chi connectivity index (χ0v) is 10.4. The number of aromatic nitrogens is 1. The number of nitrogens with zero attached hydrogens (tertiary/aromatic N) is 1. The average Bonchev–Trinajstić information content (AvgIpc) is 2.39. The van der Waals surface area contributed by atoms with Crippen LogP contribution in [0.15, 0.2) is 36.5 Å². The van der Waals surface area contributed by atoms with Crippen LogP contribution in [0.3, 0.4) is 0 Å². The molecular weight excluding hydrogens is 279 g/mol. The molecule has 2 rings (SSSR count). The molecule has 0 saturated carbocycles. The Morgan fingerprint density at radius 3 is 2.47 bits per heavy atom. The van der Waals surface area contributed by atoms with Gasteiger partial charge in [0.25, 0.3) is 0 Å². The van der Waals surface area contributed by atoms with Gasteiger partial charge in [0, 0.05) is 11.4 Å². The van der Waals surface area contributed by atoms with Crippen LogP contribution in [0, 0.1) is 5.82 Å². The first kappa shape index (κ1) is 13.7. The summed E-state index contributed by atoms with van der Waals surface area (Å²) in [6, 6.07) is 7.20. The molecule has 2 aromatic rings. The Kier molecular flexibility index (Phi) is 4.27. The number of ether oxygens (including phenoxy) is 1. The quantitative estimate of drug-likeness (QED) is 0.785. The molecule has 0 aliphatic carbocycles. The molecule has 100 valence electrons. The van der Waals surface area contributed by atoms with Gasteiger partial charge in [0.05, 0.1) is 11.9 Å². The molecule has 0 spiro atoms. The van der Waals surface area contributed by atoms with E-state index in [4.69, 9.17) is 11.6 Å². The third kappa shape index (κ3) is 3.38. The largest absolute Gasteiger partial charge is 0.435 e. The van der Waals surface area contributed by atoms with Gasteiger partial charge in [0.1, 0.15) is 11.6 Å². The molecule has 0 fully saturated rings. The molecule has 0 aliphatic rings. The molecule has 0 amide bonds. The van der Waals surface area contributed by atoms with Gasteiger partial charge in [-0.3, -0.25) is 4.98 Å². The Labute approximate surface area is 112 Å². The van der Waals surface area contributed by atoms with Gasteiger partial charge in [-0.25, -0.2) is 4.39 Å². The molecule has 6 heteroatoms. The Morgan fingerprint density at radius 2 is 1.89 bits per heavy atom. The second-order valence-electron chi connectivity index (χ2n) is 3.70. The summed E-state index contributed by atoms with van der Waals surface area (Å²) >= 11 is 5.72. The molecule has 1 heterocycles. The lowest BCUT2D eigenvalue weighted by Crippen LogP contribution is -2.01. The van der Waals surface area contributed by atoms with E-state index >= 15 is 0 Å². The number of halogens is 4. The highest BCUT2D eigenvalue weighted by atomic mass is 35.5. The van der Waals surface area contributed by atoms with Gasteiger partial charge in [-0.2, -0.15) is 8.78 Å². The number of rotatable bonds is 4. The summed E-state index contributed by atoms with van der Waals surface area (Å²) in [6.45, 7) is -2.87. The molecule has 1 aromatic heterocycles. The van der Waals surface area contributed by atoms with Crippen LogP contribution in [-0.4, -0.2) is 11.6 Å². The van der Waals surface area contributed by atoms with Crippen molar-refractivity contribution in [1.29, 1.82) is 0 Å². The van der Waals surface area contributed by atoms with E-state index in [1.807, 2.05) is 0 Å². The molecule has 0 unspecified atom stereocenters. The monoisotopic (exact) mass is 287 g/mol. The van der Waals surface area contributed by atoms with Crippen LogP contribution >= 0.6 is 11.6 Å². The Morgan fingerprint density at radius 1 is 1.21 bits per heavy atom. The van der Waals surface area contributed by atoms with E-state index in [0.717, 1.165) is 6.20 Å². The van der Waals surface area contributed by atoms with Crippen molar-refractivity contribution in [3.8, 4) is 17.0 Å². The number of alkyl halides is 3. The third-order valence-electron chi connectivity index (χ3n) is 2.43. The average molecular weight is 288 g/mol. The molecular formula is C13H9ClF3NO. The molecule has 1 aromatic carbocycles. The summed E-state index contributed by atoms with van der Waals surface area (Å²) in [7, 11) is 0. The van der Waals surface area contributed by atoms with E-state index in [1.165, 1.54) is 18.2 Å². The predicted molar refractivity (Wildman–Crippen MR) is 65.8 cm³/mol. The fourth-order valence-corrected chi connectivity index (χ4v) is 1.84. The molecule has 0 saturated heterocycles. The summed E-state index contributed by atoms with van der Waals surface area (Å²) in [5, 5.41) is 0. The summed E-state index contributed by atoms with van der Waals surface area (Å²) < 4.78 is 41.3. The first-order chi connectivity index (χ1) is 9.10. The van der Waals surface area contributed by atoms with Crippen molar-refractivity contribution in [2.75, 3.05) is 0 Å². The van der Waals surface area contributed by atoms with E-state index < -0.39 is 12.4 Å². The molecule has 0 aliphatic heterocycles. The molecule has 0 radical (unpaired) electrons. The SMILES string of the molecule is Fc1cnc(-c2ccc(OC(F)F)cc2)c(CCl)c1. The Balaban J connectivity index is 2.32. The van der Waals surface area contributed by atoms with Crippen molar-refractivity contribution in [3.63, 3.8) is 0 Å². The minimum absolute atomic E-state index is 0.0493. The normalized spacial score (nSPS) is 10.8.